The predicted octanol–water partition coefficient (Wildman–Crippen LogP) is 1.99. The molecule has 20 heavy (non-hydrogen) atoms. The largest absolute Gasteiger partial charge is 0.370 e. The van der Waals surface area contributed by atoms with E-state index in [1.165, 1.54) is 19.3 Å². The van der Waals surface area contributed by atoms with Crippen molar-refractivity contribution in [3.63, 3.8) is 0 Å². The van der Waals surface area contributed by atoms with Crippen LogP contribution in [0.5, 0.6) is 0 Å². The van der Waals surface area contributed by atoms with Crippen molar-refractivity contribution < 1.29 is 4.79 Å². The standard InChI is InChI=1S/C15H24N4O/c1-11(2)14(16)15(20)18-13-7-6-12(10-17-13)19-8-4-3-5-9-19/h6-7,10-11,14H,3-5,8-9,16H2,1-2H3,(H,17,18,20)/t14-/m0/s1. The smallest absolute Gasteiger partial charge is 0.242 e. The molecule has 3 N–H and O–H groups in total. The molecule has 0 saturated carbocycles. The van der Waals surface area contributed by atoms with Gasteiger partial charge in [0.05, 0.1) is 17.9 Å². The Hall–Kier alpha value is -1.62. The number of hydrogen-bond donors (Lipinski definition) is 2. The third kappa shape index (κ3) is 3.70. The van der Waals surface area contributed by atoms with E-state index in [0.29, 0.717) is 5.82 Å². The number of amides is 1. The van der Waals surface area contributed by atoms with Gasteiger partial charge >= 0.3 is 0 Å². The second-order valence-electron chi connectivity index (χ2n) is 5.71. The van der Waals surface area contributed by atoms with E-state index in [4.69, 9.17) is 5.73 Å². The number of piperidine rings is 1. The van der Waals surface area contributed by atoms with Crippen LogP contribution in [0.15, 0.2) is 18.3 Å². The van der Waals surface area contributed by atoms with Gasteiger partial charge in [-0.2, -0.15) is 0 Å². The fraction of sp³-hybridized carbons (Fsp3) is 0.600. The molecule has 1 aromatic heterocycles. The van der Waals surface area contributed by atoms with Crippen LogP contribution >= 0.6 is 0 Å². The molecule has 1 fully saturated rings. The third-order valence-electron chi connectivity index (χ3n) is 3.74. The second-order valence-corrected chi connectivity index (χ2v) is 5.71. The van der Waals surface area contributed by atoms with Crippen molar-refractivity contribution in [1.82, 2.24) is 4.98 Å². The Morgan fingerprint density at radius 1 is 1.30 bits per heavy atom. The Morgan fingerprint density at radius 2 is 2.00 bits per heavy atom. The normalized spacial score (nSPS) is 17.1. The highest BCUT2D eigenvalue weighted by Gasteiger charge is 2.18. The summed E-state index contributed by atoms with van der Waals surface area (Å²) >= 11 is 0. The fourth-order valence-electron chi connectivity index (χ4n) is 2.31. The molecule has 0 radical (unpaired) electrons. The summed E-state index contributed by atoms with van der Waals surface area (Å²) in [5.74, 6) is 0.493. The second kappa shape index (κ2) is 6.70. The maximum atomic E-state index is 11.9. The lowest BCUT2D eigenvalue weighted by molar-refractivity contribution is -0.118. The summed E-state index contributed by atoms with van der Waals surface area (Å²) in [5, 5.41) is 2.76. The van der Waals surface area contributed by atoms with E-state index < -0.39 is 6.04 Å². The Morgan fingerprint density at radius 3 is 2.55 bits per heavy atom. The summed E-state index contributed by atoms with van der Waals surface area (Å²) in [7, 11) is 0. The van der Waals surface area contributed by atoms with Crippen LogP contribution in [0.25, 0.3) is 0 Å². The maximum Gasteiger partial charge on any atom is 0.242 e. The molecule has 110 valence electrons. The molecule has 0 aromatic carbocycles. The van der Waals surface area contributed by atoms with Gasteiger partial charge in [0.15, 0.2) is 0 Å². The minimum absolute atomic E-state index is 0.114. The Bertz CT molecular complexity index is 438. The first-order valence-electron chi connectivity index (χ1n) is 7.35. The number of carbonyl (C=O) groups excluding carboxylic acids is 1. The van der Waals surface area contributed by atoms with Crippen molar-refractivity contribution in [2.75, 3.05) is 23.3 Å². The molecule has 0 bridgehead atoms. The number of anilines is 2. The first kappa shape index (κ1) is 14.8. The number of nitrogens with one attached hydrogen (secondary N) is 1. The summed E-state index contributed by atoms with van der Waals surface area (Å²) in [6.07, 6.45) is 5.61. The zero-order chi connectivity index (χ0) is 14.5. The van der Waals surface area contributed by atoms with Crippen LogP contribution in [0.2, 0.25) is 0 Å². The van der Waals surface area contributed by atoms with Crippen molar-refractivity contribution in [1.29, 1.82) is 0 Å². The van der Waals surface area contributed by atoms with E-state index in [0.717, 1.165) is 18.8 Å². The van der Waals surface area contributed by atoms with Gasteiger partial charge in [-0.15, -0.1) is 0 Å². The van der Waals surface area contributed by atoms with Gasteiger partial charge in [-0.05, 0) is 37.3 Å². The van der Waals surface area contributed by atoms with Crippen molar-refractivity contribution in [3.8, 4) is 0 Å². The van der Waals surface area contributed by atoms with Gasteiger partial charge in [-0.25, -0.2) is 4.98 Å². The van der Waals surface area contributed by atoms with Crippen molar-refractivity contribution in [2.24, 2.45) is 11.7 Å². The molecule has 1 saturated heterocycles. The molecule has 0 unspecified atom stereocenters. The van der Waals surface area contributed by atoms with E-state index in [2.05, 4.69) is 15.2 Å². The Balaban J connectivity index is 1.96. The highest BCUT2D eigenvalue weighted by atomic mass is 16.2. The average molecular weight is 276 g/mol. The molecule has 1 amide bonds. The summed E-state index contributed by atoms with van der Waals surface area (Å²) in [5.41, 5.74) is 6.93. The number of carbonyl (C=O) groups is 1. The van der Waals surface area contributed by atoms with Crippen molar-refractivity contribution in [3.05, 3.63) is 18.3 Å². The molecular formula is C15H24N4O. The first-order valence-corrected chi connectivity index (χ1v) is 7.35. The molecule has 1 atom stereocenters. The molecule has 1 aliphatic rings. The molecule has 1 aliphatic heterocycles. The predicted molar refractivity (Wildman–Crippen MR) is 81.7 cm³/mol. The lowest BCUT2D eigenvalue weighted by Gasteiger charge is -2.28. The van der Waals surface area contributed by atoms with Crippen molar-refractivity contribution >= 4 is 17.4 Å². The molecule has 0 spiro atoms. The van der Waals surface area contributed by atoms with Crippen LogP contribution in [0.3, 0.4) is 0 Å². The van der Waals surface area contributed by atoms with Gasteiger partial charge in [0.25, 0.3) is 0 Å². The maximum absolute atomic E-state index is 11.9. The lowest BCUT2D eigenvalue weighted by atomic mass is 10.1. The van der Waals surface area contributed by atoms with Crippen LogP contribution in [0.1, 0.15) is 33.1 Å². The number of nitrogens with zero attached hydrogens (tertiary/aromatic N) is 2. The number of aromatic nitrogens is 1. The van der Waals surface area contributed by atoms with Crippen LogP contribution in [-0.2, 0) is 4.79 Å². The Labute approximate surface area is 120 Å². The Kier molecular flexibility index (Phi) is 4.95. The summed E-state index contributed by atoms with van der Waals surface area (Å²) in [6.45, 7) is 6.03. The van der Waals surface area contributed by atoms with E-state index in [9.17, 15) is 4.79 Å². The minimum Gasteiger partial charge on any atom is -0.370 e. The van der Waals surface area contributed by atoms with Crippen LogP contribution in [-0.4, -0.2) is 30.0 Å². The summed E-state index contributed by atoms with van der Waals surface area (Å²) in [4.78, 5) is 18.5. The van der Waals surface area contributed by atoms with Gasteiger partial charge in [0.2, 0.25) is 5.91 Å². The number of rotatable bonds is 4. The zero-order valence-electron chi connectivity index (χ0n) is 12.3. The third-order valence-corrected chi connectivity index (χ3v) is 3.74. The highest BCUT2D eigenvalue weighted by molar-refractivity contribution is 5.94. The monoisotopic (exact) mass is 276 g/mol. The molecule has 2 heterocycles. The van der Waals surface area contributed by atoms with Gasteiger partial charge in [-0.1, -0.05) is 13.8 Å². The molecule has 5 heteroatoms. The summed E-state index contributed by atoms with van der Waals surface area (Å²) in [6, 6.07) is 3.35. The topological polar surface area (TPSA) is 71.2 Å². The number of nitrogens with two attached hydrogens (primary N) is 1. The van der Waals surface area contributed by atoms with E-state index in [1.807, 2.05) is 32.2 Å². The lowest BCUT2D eigenvalue weighted by Crippen LogP contribution is -2.39. The molecule has 5 nitrogen and oxygen atoms in total. The molecule has 0 aliphatic carbocycles. The van der Waals surface area contributed by atoms with E-state index >= 15 is 0 Å². The number of hydrogen-bond acceptors (Lipinski definition) is 4. The quantitative estimate of drug-likeness (QED) is 0.882. The molecule has 2 rings (SSSR count). The minimum atomic E-state index is -0.501. The zero-order valence-corrected chi connectivity index (χ0v) is 12.3. The van der Waals surface area contributed by atoms with Crippen LogP contribution in [0, 0.1) is 5.92 Å². The fourth-order valence-corrected chi connectivity index (χ4v) is 2.31. The van der Waals surface area contributed by atoms with Crippen LogP contribution < -0.4 is 16.0 Å². The van der Waals surface area contributed by atoms with Gasteiger partial charge < -0.3 is 16.0 Å². The van der Waals surface area contributed by atoms with Gasteiger partial charge in [0, 0.05) is 13.1 Å². The SMILES string of the molecule is CC(C)[C@H](N)C(=O)Nc1ccc(N2CCCCC2)cn1. The van der Waals surface area contributed by atoms with E-state index in [1.54, 1.807) is 0 Å². The van der Waals surface area contributed by atoms with E-state index in [-0.39, 0.29) is 11.8 Å². The van der Waals surface area contributed by atoms with Gasteiger partial charge in [0.1, 0.15) is 5.82 Å². The highest BCUT2D eigenvalue weighted by Crippen LogP contribution is 2.20. The molecule has 1 aromatic rings. The first-order chi connectivity index (χ1) is 9.58. The summed E-state index contributed by atoms with van der Waals surface area (Å²) < 4.78 is 0. The van der Waals surface area contributed by atoms with Crippen molar-refractivity contribution in [2.45, 2.75) is 39.2 Å². The average Bonchev–Trinajstić information content (AvgIpc) is 2.48. The van der Waals surface area contributed by atoms with Gasteiger partial charge in [-0.3, -0.25) is 4.79 Å². The number of pyridine rings is 1. The van der Waals surface area contributed by atoms with Crippen LogP contribution in [0.4, 0.5) is 11.5 Å². The molecular weight excluding hydrogens is 252 g/mol.